The van der Waals surface area contributed by atoms with Crippen molar-refractivity contribution < 1.29 is 93.0 Å². The molecular weight excluding hydrogens is 135 g/mol. The molecule has 1 atom stereocenters. The van der Waals surface area contributed by atoms with Crippen LogP contribution in [0.2, 0.25) is 0 Å². The SMILES string of the molecule is PCl.[H-].[H-].[H-].[Na+].[Na+].[Na+]. The fraction of sp³-hybridized carbons (Fsp3) is 0. The van der Waals surface area contributed by atoms with Crippen LogP contribution in [0.15, 0.2) is 0 Å². The molecule has 0 aliphatic heterocycles. The molecule has 0 fully saturated rings. The largest absolute Gasteiger partial charge is 1.00 e. The third-order valence-corrected chi connectivity index (χ3v) is 0. The van der Waals surface area contributed by atoms with Crippen molar-refractivity contribution in [2.45, 2.75) is 0 Å². The van der Waals surface area contributed by atoms with Gasteiger partial charge in [0.25, 0.3) is 0 Å². The predicted octanol–water partition coefficient (Wildman–Crippen LogP) is -7.64. The molecule has 20 valence electrons. The summed E-state index contributed by atoms with van der Waals surface area (Å²) in [5, 5.41) is 0. The van der Waals surface area contributed by atoms with Gasteiger partial charge in [0, 0.05) is 0 Å². The molecule has 5 heavy (non-hydrogen) atoms. The molecule has 0 saturated carbocycles. The van der Waals surface area contributed by atoms with E-state index in [1.807, 2.05) is 8.59 Å². The van der Waals surface area contributed by atoms with E-state index in [1.165, 1.54) is 0 Å². The van der Waals surface area contributed by atoms with Crippen LogP contribution in [-0.4, -0.2) is 0 Å². The molecule has 0 heterocycles. The second-order valence-electron chi connectivity index (χ2n) is 0. The van der Waals surface area contributed by atoms with E-state index in [0.717, 1.165) is 0 Å². The maximum Gasteiger partial charge on any atom is 1.00 e. The average Bonchev–Trinajstić information content (AvgIpc) is 1.00. The Morgan fingerprint density at radius 3 is 1.00 bits per heavy atom. The van der Waals surface area contributed by atoms with Gasteiger partial charge in [-0.1, -0.05) is 0 Å². The Hall–Kier alpha value is 3.72. The van der Waals surface area contributed by atoms with Gasteiger partial charge in [-0.05, 0) is 8.59 Å². The maximum atomic E-state index is 4.56. The van der Waals surface area contributed by atoms with E-state index >= 15 is 0 Å². The molecule has 0 spiro atoms. The Morgan fingerprint density at radius 1 is 1.00 bits per heavy atom. The second-order valence-corrected chi connectivity index (χ2v) is 0. The minimum absolute atomic E-state index is 0. The molecule has 0 N–H and O–H groups in total. The molecule has 0 aromatic rings. The summed E-state index contributed by atoms with van der Waals surface area (Å²) in [5.41, 5.74) is 0. The molecule has 1 unspecified atom stereocenters. The molecule has 0 amide bonds. The fourth-order valence-corrected chi connectivity index (χ4v) is 0. The Morgan fingerprint density at radius 2 is 1.00 bits per heavy atom. The first-order chi connectivity index (χ1) is 1.00. The zero-order valence-corrected chi connectivity index (χ0v) is 11.9. The van der Waals surface area contributed by atoms with Crippen LogP contribution in [0.4, 0.5) is 0 Å². The van der Waals surface area contributed by atoms with E-state index in [2.05, 4.69) is 11.2 Å². The van der Waals surface area contributed by atoms with Gasteiger partial charge in [-0.25, -0.2) is 0 Å². The van der Waals surface area contributed by atoms with Crippen molar-refractivity contribution in [1.82, 2.24) is 0 Å². The van der Waals surface area contributed by atoms with E-state index in [1.54, 1.807) is 0 Å². The molecule has 0 saturated heterocycles. The van der Waals surface area contributed by atoms with Gasteiger partial charge in [0.15, 0.2) is 0 Å². The summed E-state index contributed by atoms with van der Waals surface area (Å²) in [4.78, 5) is 0. The standard InChI is InChI=1S/ClH2P.3Na.3H/c1-2;;;;;;/h2H2;;;;;;/q;3*+1;3*-1. The Balaban J connectivity index is -0.000000000333. The molecular formula is H5ClNa3P. The minimum atomic E-state index is 0. The number of hydrogen-bond acceptors (Lipinski definition) is 0. The quantitative estimate of drug-likeness (QED) is 0.232. The van der Waals surface area contributed by atoms with Crippen LogP contribution < -0.4 is 88.7 Å². The molecule has 0 radical (unpaired) electrons. The van der Waals surface area contributed by atoms with Gasteiger partial charge in [-0.15, -0.1) is 11.2 Å². The van der Waals surface area contributed by atoms with Gasteiger partial charge in [-0.2, -0.15) is 0 Å². The topological polar surface area (TPSA) is 0 Å². The van der Waals surface area contributed by atoms with Crippen molar-refractivity contribution in [2.75, 3.05) is 0 Å². The Kier molecular flexibility index (Phi) is 118. The monoisotopic (exact) mass is 140 g/mol. The van der Waals surface area contributed by atoms with E-state index in [0.29, 0.717) is 0 Å². The van der Waals surface area contributed by atoms with Crippen molar-refractivity contribution >= 4 is 19.8 Å². The molecule has 0 rings (SSSR count). The third kappa shape index (κ3) is 18.3. The summed E-state index contributed by atoms with van der Waals surface area (Å²) < 4.78 is 0. The van der Waals surface area contributed by atoms with Crippen molar-refractivity contribution in [2.24, 2.45) is 0 Å². The molecule has 0 bridgehead atoms. The summed E-state index contributed by atoms with van der Waals surface area (Å²) in [5.74, 6) is 0. The van der Waals surface area contributed by atoms with E-state index in [-0.39, 0.29) is 93.0 Å². The van der Waals surface area contributed by atoms with Crippen LogP contribution in [0.5, 0.6) is 0 Å². The normalized spacial score (nSPS) is 1.20. The van der Waals surface area contributed by atoms with Crippen LogP contribution in [0.25, 0.3) is 0 Å². The zero-order chi connectivity index (χ0) is 2.00. The van der Waals surface area contributed by atoms with Crippen molar-refractivity contribution in [3.63, 3.8) is 0 Å². The van der Waals surface area contributed by atoms with Gasteiger partial charge in [-0.3, -0.25) is 0 Å². The van der Waals surface area contributed by atoms with E-state index < -0.39 is 0 Å². The van der Waals surface area contributed by atoms with Crippen molar-refractivity contribution in [1.29, 1.82) is 0 Å². The van der Waals surface area contributed by atoms with Crippen LogP contribution in [0.3, 0.4) is 0 Å². The van der Waals surface area contributed by atoms with Crippen molar-refractivity contribution in [3.8, 4) is 0 Å². The smallest absolute Gasteiger partial charge is 1.00 e. The van der Waals surface area contributed by atoms with Gasteiger partial charge >= 0.3 is 88.7 Å². The summed E-state index contributed by atoms with van der Waals surface area (Å²) >= 11 is 4.56. The predicted molar refractivity (Wildman–Crippen MR) is 18.9 cm³/mol. The summed E-state index contributed by atoms with van der Waals surface area (Å²) in [6.45, 7) is 0. The number of hydrogen-bond donors (Lipinski definition) is 0. The van der Waals surface area contributed by atoms with Gasteiger partial charge in [0.1, 0.15) is 0 Å². The molecule has 0 aliphatic carbocycles. The second kappa shape index (κ2) is 25.2. The Labute approximate surface area is 110 Å². The number of rotatable bonds is 0. The van der Waals surface area contributed by atoms with E-state index in [4.69, 9.17) is 0 Å². The van der Waals surface area contributed by atoms with Crippen LogP contribution >= 0.6 is 19.8 Å². The molecule has 5 heteroatoms. The van der Waals surface area contributed by atoms with Crippen LogP contribution in [0, 0.1) is 0 Å². The Bertz CT molecular complexity index is 14.5. The summed E-state index contributed by atoms with van der Waals surface area (Å²) in [6, 6.07) is 0. The summed E-state index contributed by atoms with van der Waals surface area (Å²) in [7, 11) is 1.89. The maximum absolute atomic E-state index is 4.56. The van der Waals surface area contributed by atoms with Gasteiger partial charge in [0.05, 0.1) is 0 Å². The molecule has 0 aliphatic rings. The van der Waals surface area contributed by atoms with Gasteiger partial charge < -0.3 is 4.28 Å². The average molecular weight is 140 g/mol. The van der Waals surface area contributed by atoms with Gasteiger partial charge in [0.2, 0.25) is 0 Å². The summed E-state index contributed by atoms with van der Waals surface area (Å²) in [6.07, 6.45) is 0. The van der Waals surface area contributed by atoms with E-state index in [9.17, 15) is 0 Å². The van der Waals surface area contributed by atoms with Crippen LogP contribution in [-0.2, 0) is 0 Å². The number of halogens is 1. The molecule has 0 aromatic carbocycles. The first kappa shape index (κ1) is 23.3. The first-order valence-electron chi connectivity index (χ1n) is 0.218. The fourth-order valence-electron chi connectivity index (χ4n) is 0. The minimum Gasteiger partial charge on any atom is -1.00 e. The first-order valence-corrected chi connectivity index (χ1v) is 1.96. The molecule has 0 aromatic heterocycles. The van der Waals surface area contributed by atoms with Crippen LogP contribution in [0.1, 0.15) is 4.28 Å². The third-order valence-electron chi connectivity index (χ3n) is 0. The zero-order valence-electron chi connectivity index (χ0n) is 6.96. The molecule has 0 nitrogen and oxygen atoms in total. The van der Waals surface area contributed by atoms with Crippen molar-refractivity contribution in [3.05, 3.63) is 0 Å².